The fourth-order valence-corrected chi connectivity index (χ4v) is 7.85. The van der Waals surface area contributed by atoms with Gasteiger partial charge in [0, 0.05) is 74.7 Å². The van der Waals surface area contributed by atoms with Crippen molar-refractivity contribution in [3.05, 3.63) is 64.9 Å². The number of anilines is 3. The predicted octanol–water partition coefficient (Wildman–Crippen LogP) is 3.50. The molecule has 1 aliphatic carbocycles. The van der Waals surface area contributed by atoms with Crippen LogP contribution in [0.2, 0.25) is 0 Å². The van der Waals surface area contributed by atoms with Crippen LogP contribution in [0.4, 0.5) is 17.3 Å². The summed E-state index contributed by atoms with van der Waals surface area (Å²) in [7, 11) is -1.26. The van der Waals surface area contributed by atoms with Gasteiger partial charge in [-0.1, -0.05) is 11.8 Å². The van der Waals surface area contributed by atoms with E-state index in [1.807, 2.05) is 17.6 Å². The lowest BCUT2D eigenvalue weighted by atomic mass is 10.0. The van der Waals surface area contributed by atoms with E-state index < -0.39 is 10.0 Å². The molecule has 0 amide bonds. The van der Waals surface area contributed by atoms with Gasteiger partial charge in [0.15, 0.2) is 5.82 Å². The molecule has 0 atom stereocenters. The molecule has 3 aliphatic rings. The molecule has 11 nitrogen and oxygen atoms in total. The first-order chi connectivity index (χ1) is 21.4. The summed E-state index contributed by atoms with van der Waals surface area (Å²) in [6, 6.07) is 6.46. The van der Waals surface area contributed by atoms with Gasteiger partial charge < -0.3 is 15.1 Å². The standard InChI is InChI=1S/C31H35N9O2S2/c1-37-13-15-38(16-14-37)26-7-11-39(12-8-26)28-18-30(33-19-24(28)3-2-23-9-17-43-22-23)35-29-6-10-32-31(36-29)25-20-34-40(21-25)44(41,42)27-4-5-27/h6,9-10,17-22,26-27H,4-5,7-8,11-16H2,1H3,(H,32,33,35,36). The zero-order valence-corrected chi connectivity index (χ0v) is 26.3. The molecule has 0 radical (unpaired) electrons. The van der Waals surface area contributed by atoms with Gasteiger partial charge in [0.25, 0.3) is 10.0 Å². The average Bonchev–Trinajstić information content (AvgIpc) is 3.56. The number of thiophene rings is 1. The molecule has 0 aromatic carbocycles. The van der Waals surface area contributed by atoms with Crippen LogP contribution in [0.1, 0.15) is 36.8 Å². The molecule has 4 aromatic rings. The summed E-state index contributed by atoms with van der Waals surface area (Å²) in [4.78, 5) is 21.2. The van der Waals surface area contributed by atoms with Crippen molar-refractivity contribution in [3.63, 3.8) is 0 Å². The number of rotatable bonds is 7. The van der Waals surface area contributed by atoms with Gasteiger partial charge in [-0.2, -0.15) is 20.5 Å². The van der Waals surface area contributed by atoms with Crippen LogP contribution in [0, 0.1) is 11.8 Å². The smallest absolute Gasteiger partial charge is 0.256 e. The highest BCUT2D eigenvalue weighted by Gasteiger charge is 2.37. The van der Waals surface area contributed by atoms with E-state index in [-0.39, 0.29) is 5.25 Å². The molecule has 2 saturated heterocycles. The number of piperidine rings is 1. The molecule has 0 spiro atoms. The first kappa shape index (κ1) is 28.9. The normalized spacial score (nSPS) is 18.6. The maximum absolute atomic E-state index is 12.6. The Labute approximate surface area is 262 Å². The number of nitrogens with one attached hydrogen (secondary N) is 1. The molecule has 3 fully saturated rings. The van der Waals surface area contributed by atoms with Crippen LogP contribution in [-0.2, 0) is 10.0 Å². The van der Waals surface area contributed by atoms with E-state index in [9.17, 15) is 8.42 Å². The van der Waals surface area contributed by atoms with E-state index in [0.29, 0.717) is 41.9 Å². The Morgan fingerprint density at radius 2 is 1.77 bits per heavy atom. The second-order valence-corrected chi connectivity index (χ2v) is 14.5. The molecule has 1 N–H and O–H groups in total. The molecule has 44 heavy (non-hydrogen) atoms. The Morgan fingerprint density at radius 1 is 0.955 bits per heavy atom. The molecule has 0 unspecified atom stereocenters. The highest BCUT2D eigenvalue weighted by Crippen LogP contribution is 2.31. The van der Waals surface area contributed by atoms with Crippen LogP contribution >= 0.6 is 11.3 Å². The largest absolute Gasteiger partial charge is 0.370 e. The predicted molar refractivity (Wildman–Crippen MR) is 173 cm³/mol. The van der Waals surface area contributed by atoms with Gasteiger partial charge in [0.1, 0.15) is 11.6 Å². The first-order valence-corrected chi connectivity index (χ1v) is 17.5. The summed E-state index contributed by atoms with van der Waals surface area (Å²) in [5.41, 5.74) is 3.49. The van der Waals surface area contributed by atoms with E-state index in [0.717, 1.165) is 73.0 Å². The van der Waals surface area contributed by atoms with Crippen LogP contribution in [0.15, 0.2) is 53.7 Å². The number of aromatic nitrogens is 5. The van der Waals surface area contributed by atoms with Crippen LogP contribution in [0.5, 0.6) is 0 Å². The summed E-state index contributed by atoms with van der Waals surface area (Å²) >= 11 is 1.64. The molecule has 4 aromatic heterocycles. The van der Waals surface area contributed by atoms with E-state index >= 15 is 0 Å². The summed E-state index contributed by atoms with van der Waals surface area (Å²) in [6.45, 7) is 6.46. The van der Waals surface area contributed by atoms with Gasteiger partial charge in [-0.15, -0.1) is 0 Å². The van der Waals surface area contributed by atoms with Crippen molar-refractivity contribution in [3.8, 4) is 23.2 Å². The second-order valence-electron chi connectivity index (χ2n) is 11.6. The lowest BCUT2D eigenvalue weighted by molar-refractivity contribution is 0.0982. The summed E-state index contributed by atoms with van der Waals surface area (Å²) in [5, 5.41) is 11.1. The monoisotopic (exact) mass is 629 g/mol. The maximum atomic E-state index is 12.6. The Morgan fingerprint density at radius 3 is 2.52 bits per heavy atom. The Balaban J connectivity index is 1.11. The van der Waals surface area contributed by atoms with Crippen molar-refractivity contribution in [2.75, 3.05) is 56.5 Å². The fraction of sp³-hybridized carbons (Fsp3) is 0.419. The minimum Gasteiger partial charge on any atom is -0.370 e. The molecule has 1 saturated carbocycles. The zero-order valence-electron chi connectivity index (χ0n) is 24.6. The second kappa shape index (κ2) is 12.3. The van der Waals surface area contributed by atoms with Crippen molar-refractivity contribution >= 4 is 38.7 Å². The number of hydrogen-bond donors (Lipinski definition) is 1. The number of nitrogens with zero attached hydrogens (tertiary/aromatic N) is 8. The molecule has 7 rings (SSSR count). The highest BCUT2D eigenvalue weighted by atomic mass is 32.2. The van der Waals surface area contributed by atoms with Crippen LogP contribution in [0.25, 0.3) is 11.4 Å². The lowest BCUT2D eigenvalue weighted by Gasteiger charge is -2.42. The average molecular weight is 630 g/mol. The molecule has 2 aliphatic heterocycles. The van der Waals surface area contributed by atoms with Crippen molar-refractivity contribution in [1.29, 1.82) is 0 Å². The summed E-state index contributed by atoms with van der Waals surface area (Å²) in [5.74, 6) is 8.25. The van der Waals surface area contributed by atoms with Crippen molar-refractivity contribution < 1.29 is 8.42 Å². The number of hydrogen-bond acceptors (Lipinski definition) is 11. The first-order valence-electron chi connectivity index (χ1n) is 15.0. The molecular weight excluding hydrogens is 595 g/mol. The van der Waals surface area contributed by atoms with E-state index in [2.05, 4.69) is 70.4 Å². The lowest BCUT2D eigenvalue weighted by Crippen LogP contribution is -2.52. The topological polar surface area (TPSA) is 112 Å². The van der Waals surface area contributed by atoms with Crippen molar-refractivity contribution in [2.24, 2.45) is 0 Å². The Bertz CT molecular complexity index is 1780. The molecule has 13 heteroatoms. The zero-order chi connectivity index (χ0) is 30.1. The Kier molecular flexibility index (Phi) is 8.07. The molecular formula is C31H35N9O2S2. The maximum Gasteiger partial charge on any atom is 0.256 e. The fourth-order valence-electron chi connectivity index (χ4n) is 5.78. The minimum absolute atomic E-state index is 0.347. The summed E-state index contributed by atoms with van der Waals surface area (Å²) < 4.78 is 26.2. The number of piperazine rings is 1. The Hall–Kier alpha value is -3.83. The third-order valence-electron chi connectivity index (χ3n) is 8.54. The van der Waals surface area contributed by atoms with Gasteiger partial charge >= 0.3 is 0 Å². The van der Waals surface area contributed by atoms with Crippen LogP contribution in [-0.4, -0.2) is 100.0 Å². The van der Waals surface area contributed by atoms with Crippen molar-refractivity contribution in [1.82, 2.24) is 33.9 Å². The quantitative estimate of drug-likeness (QED) is 0.305. The van der Waals surface area contributed by atoms with Gasteiger partial charge in [-0.25, -0.2) is 23.4 Å². The SMILES string of the molecule is CN1CCN(C2CCN(c3cc(Nc4ccnc(-c5cnn(S(=O)(=O)C6CC6)c5)n4)ncc3C#Cc3ccsc3)CC2)CC1. The number of likely N-dealkylation sites (N-methyl/N-ethyl adjacent to an activating group) is 1. The van der Waals surface area contributed by atoms with E-state index in [1.165, 1.54) is 12.4 Å². The van der Waals surface area contributed by atoms with Crippen molar-refractivity contribution in [2.45, 2.75) is 37.0 Å². The third-order valence-corrected chi connectivity index (χ3v) is 11.3. The molecule has 0 bridgehead atoms. The minimum atomic E-state index is -3.46. The van der Waals surface area contributed by atoms with Crippen LogP contribution in [0.3, 0.4) is 0 Å². The van der Waals surface area contributed by atoms with Crippen LogP contribution < -0.4 is 10.2 Å². The van der Waals surface area contributed by atoms with E-state index in [4.69, 9.17) is 0 Å². The molecule has 6 heterocycles. The van der Waals surface area contributed by atoms with Gasteiger partial charge in [0.2, 0.25) is 0 Å². The van der Waals surface area contributed by atoms with Gasteiger partial charge in [-0.05, 0) is 50.2 Å². The van der Waals surface area contributed by atoms with E-state index in [1.54, 1.807) is 23.6 Å². The number of pyridine rings is 1. The van der Waals surface area contributed by atoms with Gasteiger partial charge in [-0.3, -0.25) is 4.90 Å². The molecule has 228 valence electrons. The van der Waals surface area contributed by atoms with Gasteiger partial charge in [0.05, 0.1) is 34.5 Å². The summed E-state index contributed by atoms with van der Waals surface area (Å²) in [6.07, 6.45) is 10.0. The highest BCUT2D eigenvalue weighted by molar-refractivity contribution is 7.90. The third kappa shape index (κ3) is 6.34.